The highest BCUT2D eigenvalue weighted by molar-refractivity contribution is 5.91. The lowest BCUT2D eigenvalue weighted by molar-refractivity contribution is 0.0948. The zero-order valence-corrected chi connectivity index (χ0v) is 12.8. The normalized spacial score (nSPS) is 18.6. The number of rotatable bonds is 6. The molecule has 1 aliphatic rings. The molecule has 0 aliphatic carbocycles. The first-order valence-corrected chi connectivity index (χ1v) is 7.51. The number of carbonyl (C=O) groups is 1. The molecule has 8 nitrogen and oxygen atoms in total. The van der Waals surface area contributed by atoms with Gasteiger partial charge in [-0.3, -0.25) is 24.7 Å². The Hall–Kier alpha value is -1.51. The lowest BCUT2D eigenvalue weighted by Crippen LogP contribution is -2.50. The smallest absolute Gasteiger partial charge is 0.287 e. The average Bonchev–Trinajstić information content (AvgIpc) is 3.01. The van der Waals surface area contributed by atoms with Crippen LogP contribution in [0.25, 0.3) is 0 Å². The van der Waals surface area contributed by atoms with Crippen LogP contribution >= 0.6 is 0 Å². The molecule has 2 rings (SSSR count). The van der Waals surface area contributed by atoms with Crippen molar-refractivity contribution in [1.29, 1.82) is 0 Å². The predicted octanol–water partition coefficient (Wildman–Crippen LogP) is -0.702. The fourth-order valence-corrected chi connectivity index (χ4v) is 2.52. The number of piperazine rings is 1. The van der Waals surface area contributed by atoms with Crippen molar-refractivity contribution in [2.24, 2.45) is 5.84 Å². The van der Waals surface area contributed by atoms with Gasteiger partial charge in [-0.25, -0.2) is 5.84 Å². The number of aromatic nitrogens is 3. The summed E-state index contributed by atoms with van der Waals surface area (Å²) in [7, 11) is 0. The molecule has 3 N–H and O–H groups in total. The molecule has 1 amide bonds. The molecular weight excluding hydrogens is 270 g/mol. The van der Waals surface area contributed by atoms with Crippen molar-refractivity contribution in [2.45, 2.75) is 32.9 Å². The van der Waals surface area contributed by atoms with E-state index in [4.69, 9.17) is 5.84 Å². The highest BCUT2D eigenvalue weighted by Crippen LogP contribution is 2.08. The van der Waals surface area contributed by atoms with Crippen LogP contribution in [0.5, 0.6) is 0 Å². The minimum Gasteiger partial charge on any atom is -0.299 e. The Balaban J connectivity index is 1.74. The summed E-state index contributed by atoms with van der Waals surface area (Å²) in [5.74, 6) is 4.65. The first-order chi connectivity index (χ1) is 10.1. The lowest BCUT2D eigenvalue weighted by Gasteiger charge is -2.37. The molecule has 1 aromatic heterocycles. The molecule has 0 bridgehead atoms. The molecule has 1 saturated heterocycles. The van der Waals surface area contributed by atoms with Gasteiger partial charge < -0.3 is 0 Å². The van der Waals surface area contributed by atoms with Gasteiger partial charge in [-0.2, -0.15) is 0 Å². The van der Waals surface area contributed by atoms with Crippen molar-refractivity contribution in [3.63, 3.8) is 0 Å². The number of hydrazine groups is 1. The van der Waals surface area contributed by atoms with Crippen LogP contribution in [0.2, 0.25) is 0 Å². The topological polar surface area (TPSA) is 92.3 Å². The maximum atomic E-state index is 11.3. The zero-order valence-electron chi connectivity index (χ0n) is 12.8. The van der Waals surface area contributed by atoms with Gasteiger partial charge in [0.05, 0.1) is 12.7 Å². The molecule has 0 spiro atoms. The number of amides is 1. The van der Waals surface area contributed by atoms with Crippen molar-refractivity contribution in [3.8, 4) is 0 Å². The molecule has 118 valence electrons. The molecular formula is C13H25N7O. The van der Waals surface area contributed by atoms with Gasteiger partial charge in [0.15, 0.2) is 5.69 Å². The van der Waals surface area contributed by atoms with Crippen molar-refractivity contribution < 1.29 is 4.79 Å². The Bertz CT molecular complexity index is 453. The Morgan fingerprint density at radius 2 is 2.10 bits per heavy atom. The molecule has 1 fully saturated rings. The minimum atomic E-state index is -0.414. The van der Waals surface area contributed by atoms with Crippen LogP contribution in [-0.4, -0.2) is 69.5 Å². The van der Waals surface area contributed by atoms with E-state index >= 15 is 0 Å². The Morgan fingerprint density at radius 3 is 2.71 bits per heavy atom. The van der Waals surface area contributed by atoms with Gasteiger partial charge >= 0.3 is 0 Å². The van der Waals surface area contributed by atoms with Gasteiger partial charge in [-0.15, -0.1) is 5.10 Å². The van der Waals surface area contributed by atoms with Crippen molar-refractivity contribution in [3.05, 3.63) is 11.9 Å². The van der Waals surface area contributed by atoms with Crippen LogP contribution in [-0.2, 0) is 6.54 Å². The quantitative estimate of drug-likeness (QED) is 0.409. The number of nitrogen functional groups attached to an aromatic ring is 1. The van der Waals surface area contributed by atoms with E-state index in [-0.39, 0.29) is 5.69 Å². The molecule has 21 heavy (non-hydrogen) atoms. The molecule has 1 aliphatic heterocycles. The second kappa shape index (κ2) is 7.48. The Labute approximate surface area is 125 Å². The Morgan fingerprint density at radius 1 is 1.38 bits per heavy atom. The third kappa shape index (κ3) is 4.23. The van der Waals surface area contributed by atoms with E-state index in [2.05, 4.69) is 39.4 Å². The van der Waals surface area contributed by atoms with Crippen LogP contribution in [0.3, 0.4) is 0 Å². The summed E-state index contributed by atoms with van der Waals surface area (Å²) in [6.07, 6.45) is 2.82. The predicted molar refractivity (Wildman–Crippen MR) is 79.4 cm³/mol. The SMILES string of the molecule is CCC(C)N1CCN(CCn2cc(C(=O)NN)nn2)CC1. The second-order valence-corrected chi connectivity index (χ2v) is 5.48. The van der Waals surface area contributed by atoms with Crippen LogP contribution in [0.15, 0.2) is 6.20 Å². The van der Waals surface area contributed by atoms with Gasteiger partial charge in [-0.1, -0.05) is 12.1 Å². The van der Waals surface area contributed by atoms with Gasteiger partial charge in [0.25, 0.3) is 5.91 Å². The summed E-state index contributed by atoms with van der Waals surface area (Å²) in [6, 6.07) is 0.666. The molecule has 1 atom stereocenters. The van der Waals surface area contributed by atoms with E-state index in [0.29, 0.717) is 6.04 Å². The minimum absolute atomic E-state index is 0.249. The monoisotopic (exact) mass is 295 g/mol. The van der Waals surface area contributed by atoms with E-state index in [1.54, 1.807) is 10.9 Å². The molecule has 0 saturated carbocycles. The standard InChI is InChI=1S/C13H25N7O/c1-3-11(2)19-7-4-18(5-8-19)6-9-20-10-12(16-17-20)13(21)15-14/h10-11H,3-9,14H2,1-2H3,(H,15,21). The summed E-state index contributed by atoms with van der Waals surface area (Å²) >= 11 is 0. The van der Waals surface area contributed by atoms with Gasteiger partial charge in [-0.05, 0) is 13.3 Å². The average molecular weight is 295 g/mol. The number of hydrogen-bond donors (Lipinski definition) is 2. The second-order valence-electron chi connectivity index (χ2n) is 5.48. The first kappa shape index (κ1) is 15.9. The van der Waals surface area contributed by atoms with Gasteiger partial charge in [0, 0.05) is 38.8 Å². The number of nitrogens with zero attached hydrogens (tertiary/aromatic N) is 5. The summed E-state index contributed by atoms with van der Waals surface area (Å²) in [4.78, 5) is 16.3. The molecule has 0 radical (unpaired) electrons. The zero-order chi connectivity index (χ0) is 15.2. The van der Waals surface area contributed by atoms with E-state index in [1.165, 1.54) is 6.42 Å². The molecule has 8 heteroatoms. The highest BCUT2D eigenvalue weighted by Gasteiger charge is 2.19. The van der Waals surface area contributed by atoms with Gasteiger partial charge in [0.1, 0.15) is 0 Å². The third-order valence-electron chi connectivity index (χ3n) is 4.17. The lowest BCUT2D eigenvalue weighted by atomic mass is 10.2. The van der Waals surface area contributed by atoms with Crippen LogP contribution in [0, 0.1) is 0 Å². The number of carbonyl (C=O) groups excluding carboxylic acids is 1. The molecule has 2 heterocycles. The van der Waals surface area contributed by atoms with Crippen molar-refractivity contribution in [2.75, 3.05) is 32.7 Å². The fourth-order valence-electron chi connectivity index (χ4n) is 2.52. The third-order valence-corrected chi connectivity index (χ3v) is 4.17. The number of nitrogens with one attached hydrogen (secondary N) is 1. The van der Waals surface area contributed by atoms with E-state index in [1.807, 2.05) is 0 Å². The van der Waals surface area contributed by atoms with E-state index < -0.39 is 5.91 Å². The number of nitrogens with two attached hydrogens (primary N) is 1. The summed E-state index contributed by atoms with van der Waals surface area (Å²) in [6.45, 7) is 10.6. The highest BCUT2D eigenvalue weighted by atomic mass is 16.2. The molecule has 0 aromatic carbocycles. The fraction of sp³-hybridized carbons (Fsp3) is 0.769. The maximum absolute atomic E-state index is 11.3. The van der Waals surface area contributed by atoms with Crippen molar-refractivity contribution in [1.82, 2.24) is 30.2 Å². The maximum Gasteiger partial charge on any atom is 0.287 e. The van der Waals surface area contributed by atoms with Crippen LogP contribution in [0.4, 0.5) is 0 Å². The van der Waals surface area contributed by atoms with E-state index in [0.717, 1.165) is 39.3 Å². The van der Waals surface area contributed by atoms with Gasteiger partial charge in [0.2, 0.25) is 0 Å². The summed E-state index contributed by atoms with van der Waals surface area (Å²) in [5.41, 5.74) is 2.30. The van der Waals surface area contributed by atoms with Crippen molar-refractivity contribution >= 4 is 5.91 Å². The summed E-state index contributed by atoms with van der Waals surface area (Å²) < 4.78 is 1.69. The largest absolute Gasteiger partial charge is 0.299 e. The Kier molecular flexibility index (Phi) is 5.66. The first-order valence-electron chi connectivity index (χ1n) is 7.51. The molecule has 1 unspecified atom stereocenters. The van der Waals surface area contributed by atoms with E-state index in [9.17, 15) is 4.79 Å². The summed E-state index contributed by atoms with van der Waals surface area (Å²) in [5, 5.41) is 7.73. The number of hydrogen-bond acceptors (Lipinski definition) is 6. The van der Waals surface area contributed by atoms with Crippen LogP contribution in [0.1, 0.15) is 30.8 Å². The molecule has 1 aromatic rings. The van der Waals surface area contributed by atoms with Crippen LogP contribution < -0.4 is 11.3 Å².